The molecule has 0 aromatic heterocycles. The number of hydrogen-bond acceptors (Lipinski definition) is 7. The first-order valence-corrected chi connectivity index (χ1v) is 11.8. The van der Waals surface area contributed by atoms with E-state index in [-0.39, 0.29) is 11.3 Å². The van der Waals surface area contributed by atoms with Gasteiger partial charge in [-0.3, -0.25) is 14.5 Å². The van der Waals surface area contributed by atoms with E-state index in [1.807, 2.05) is 0 Å². The highest BCUT2D eigenvalue weighted by molar-refractivity contribution is 6.46. The molecule has 0 saturated carbocycles. The molecule has 9 heteroatoms. The zero-order chi connectivity index (χ0) is 24.9. The average molecular weight is 499 g/mol. The number of methoxy groups -OCH3 is 1. The zero-order valence-corrected chi connectivity index (χ0v) is 20.2. The third-order valence-electron chi connectivity index (χ3n) is 6.28. The number of amides is 1. The molecule has 0 aliphatic carbocycles. The summed E-state index contributed by atoms with van der Waals surface area (Å²) in [5, 5.41) is 11.6. The van der Waals surface area contributed by atoms with Crippen molar-refractivity contribution in [2.75, 3.05) is 46.5 Å². The van der Waals surface area contributed by atoms with Crippen LogP contribution in [0.15, 0.2) is 54.1 Å². The fraction of sp³-hybridized carbons (Fsp3) is 0.346. The molecule has 8 nitrogen and oxygen atoms in total. The second kappa shape index (κ2) is 11.0. The van der Waals surface area contributed by atoms with Crippen molar-refractivity contribution in [2.45, 2.75) is 12.5 Å². The molecule has 2 fully saturated rings. The lowest BCUT2D eigenvalue weighted by atomic mass is 9.94. The molecule has 0 radical (unpaired) electrons. The fourth-order valence-electron chi connectivity index (χ4n) is 4.43. The van der Waals surface area contributed by atoms with E-state index in [0.717, 1.165) is 19.6 Å². The van der Waals surface area contributed by atoms with E-state index in [2.05, 4.69) is 4.90 Å². The Kier molecular flexibility index (Phi) is 7.85. The van der Waals surface area contributed by atoms with Crippen LogP contribution in [0.1, 0.15) is 33.9 Å². The number of morpholine rings is 1. The molecular formula is C26H27ClN2O6. The van der Waals surface area contributed by atoms with Crippen LogP contribution in [-0.4, -0.2) is 79.1 Å². The van der Waals surface area contributed by atoms with Gasteiger partial charge in [-0.25, -0.2) is 4.79 Å². The maximum absolute atomic E-state index is 13.1. The Hall–Kier alpha value is -3.20. The minimum atomic E-state index is -0.790. The fourth-order valence-corrected chi connectivity index (χ4v) is 4.56. The molecule has 35 heavy (non-hydrogen) atoms. The highest BCUT2D eigenvalue weighted by atomic mass is 35.5. The van der Waals surface area contributed by atoms with Gasteiger partial charge in [0.05, 0.1) is 37.5 Å². The zero-order valence-electron chi connectivity index (χ0n) is 19.4. The van der Waals surface area contributed by atoms with Crippen molar-refractivity contribution in [3.8, 4) is 0 Å². The average Bonchev–Trinajstić information content (AvgIpc) is 3.14. The highest BCUT2D eigenvalue weighted by Gasteiger charge is 2.45. The molecule has 2 aliphatic heterocycles. The van der Waals surface area contributed by atoms with E-state index in [1.165, 1.54) is 12.0 Å². The smallest absolute Gasteiger partial charge is 0.337 e. The van der Waals surface area contributed by atoms with Crippen molar-refractivity contribution >= 4 is 35.0 Å². The van der Waals surface area contributed by atoms with Crippen LogP contribution in [0.4, 0.5) is 0 Å². The standard InChI is InChI=1S/C26H27ClN2O6/c1-34-26(33)19-5-3-17(4-6-19)22-21(23(30)18-7-9-20(27)10-8-18)24(31)25(32)29(22)12-2-11-28-13-15-35-16-14-28/h3-10,22,30H,2,11-16H2,1H3/b23-21+. The first-order chi connectivity index (χ1) is 16.9. The molecule has 1 amide bonds. The van der Waals surface area contributed by atoms with Crippen molar-refractivity contribution in [2.24, 2.45) is 0 Å². The normalized spacial score (nSPS) is 20.3. The van der Waals surface area contributed by atoms with Crippen LogP contribution in [0, 0.1) is 0 Å². The number of ketones is 1. The van der Waals surface area contributed by atoms with Gasteiger partial charge in [-0.1, -0.05) is 23.7 Å². The van der Waals surface area contributed by atoms with E-state index in [4.69, 9.17) is 21.1 Å². The van der Waals surface area contributed by atoms with Crippen LogP contribution in [-0.2, 0) is 19.1 Å². The Balaban J connectivity index is 1.68. The van der Waals surface area contributed by atoms with Crippen LogP contribution in [0.5, 0.6) is 0 Å². The molecule has 0 spiro atoms. The molecule has 2 saturated heterocycles. The summed E-state index contributed by atoms with van der Waals surface area (Å²) in [5.74, 6) is -2.16. The Labute approximate surface area is 208 Å². The molecule has 2 aromatic carbocycles. The lowest BCUT2D eigenvalue weighted by Gasteiger charge is -2.29. The predicted molar refractivity (Wildman–Crippen MR) is 130 cm³/mol. The Bertz CT molecular complexity index is 1120. The molecule has 4 rings (SSSR count). The number of rotatable bonds is 7. The van der Waals surface area contributed by atoms with Gasteiger partial charge in [-0.2, -0.15) is 0 Å². The minimum absolute atomic E-state index is 0.00881. The molecule has 2 heterocycles. The number of nitrogens with zero attached hydrogens (tertiary/aromatic N) is 2. The van der Waals surface area contributed by atoms with E-state index in [1.54, 1.807) is 48.5 Å². The van der Waals surface area contributed by atoms with Crippen molar-refractivity contribution in [1.29, 1.82) is 0 Å². The van der Waals surface area contributed by atoms with Crippen LogP contribution >= 0.6 is 11.6 Å². The molecular weight excluding hydrogens is 472 g/mol. The maximum Gasteiger partial charge on any atom is 0.337 e. The van der Waals surface area contributed by atoms with Gasteiger partial charge >= 0.3 is 5.97 Å². The van der Waals surface area contributed by atoms with E-state index < -0.39 is 23.7 Å². The largest absolute Gasteiger partial charge is 0.507 e. The highest BCUT2D eigenvalue weighted by Crippen LogP contribution is 2.39. The van der Waals surface area contributed by atoms with Gasteiger partial charge < -0.3 is 19.5 Å². The Morgan fingerprint density at radius 3 is 2.29 bits per heavy atom. The summed E-state index contributed by atoms with van der Waals surface area (Å²) in [6.45, 7) is 4.11. The summed E-state index contributed by atoms with van der Waals surface area (Å²) in [6, 6.07) is 12.1. The summed E-state index contributed by atoms with van der Waals surface area (Å²) in [5.41, 5.74) is 1.35. The number of aliphatic hydroxyl groups is 1. The van der Waals surface area contributed by atoms with Gasteiger partial charge in [0.25, 0.3) is 11.7 Å². The summed E-state index contributed by atoms with van der Waals surface area (Å²) in [4.78, 5) is 41.9. The van der Waals surface area contributed by atoms with Crippen LogP contribution in [0.2, 0.25) is 5.02 Å². The third kappa shape index (κ3) is 5.40. The second-order valence-electron chi connectivity index (χ2n) is 8.42. The number of halogens is 1. The topological polar surface area (TPSA) is 96.4 Å². The van der Waals surface area contributed by atoms with Crippen molar-refractivity contribution < 1.29 is 29.0 Å². The first kappa shape index (κ1) is 24.9. The molecule has 184 valence electrons. The van der Waals surface area contributed by atoms with Crippen molar-refractivity contribution in [3.63, 3.8) is 0 Å². The molecule has 2 aliphatic rings. The molecule has 1 atom stereocenters. The van der Waals surface area contributed by atoms with Crippen LogP contribution < -0.4 is 0 Å². The molecule has 0 bridgehead atoms. The number of esters is 1. The number of Topliss-reactive ketones (excluding diaryl/α,β-unsaturated/α-hetero) is 1. The number of hydrogen-bond donors (Lipinski definition) is 1. The number of carbonyl (C=O) groups is 3. The third-order valence-corrected chi connectivity index (χ3v) is 6.53. The van der Waals surface area contributed by atoms with E-state index >= 15 is 0 Å². The summed E-state index contributed by atoms with van der Waals surface area (Å²) in [6.07, 6.45) is 0.657. The lowest BCUT2D eigenvalue weighted by molar-refractivity contribution is -0.140. The number of likely N-dealkylation sites (tertiary alicyclic amines) is 1. The van der Waals surface area contributed by atoms with E-state index in [0.29, 0.717) is 47.9 Å². The van der Waals surface area contributed by atoms with Gasteiger partial charge in [-0.15, -0.1) is 0 Å². The molecule has 2 aromatic rings. The maximum atomic E-state index is 13.1. The first-order valence-electron chi connectivity index (χ1n) is 11.4. The van der Waals surface area contributed by atoms with Gasteiger partial charge in [0, 0.05) is 36.8 Å². The number of aliphatic hydroxyl groups excluding tert-OH is 1. The summed E-state index contributed by atoms with van der Waals surface area (Å²) < 4.78 is 10.1. The number of carbonyl (C=O) groups excluding carboxylic acids is 3. The SMILES string of the molecule is COC(=O)c1ccc(C2/C(=C(\O)c3ccc(Cl)cc3)C(=O)C(=O)N2CCCN2CCOCC2)cc1. The molecule has 1 N–H and O–H groups in total. The van der Waals surface area contributed by atoms with Gasteiger partial charge in [0.2, 0.25) is 0 Å². The monoisotopic (exact) mass is 498 g/mol. The summed E-state index contributed by atoms with van der Waals surface area (Å²) >= 11 is 5.97. The minimum Gasteiger partial charge on any atom is -0.507 e. The van der Waals surface area contributed by atoms with Crippen molar-refractivity contribution in [3.05, 3.63) is 75.8 Å². The number of ether oxygens (including phenoxy) is 2. The van der Waals surface area contributed by atoms with Crippen LogP contribution in [0.3, 0.4) is 0 Å². The van der Waals surface area contributed by atoms with Gasteiger partial charge in [0.15, 0.2) is 0 Å². The van der Waals surface area contributed by atoms with Crippen LogP contribution in [0.25, 0.3) is 5.76 Å². The second-order valence-corrected chi connectivity index (χ2v) is 8.86. The van der Waals surface area contributed by atoms with Crippen molar-refractivity contribution in [1.82, 2.24) is 9.80 Å². The van der Waals surface area contributed by atoms with Gasteiger partial charge in [-0.05, 0) is 48.4 Å². The van der Waals surface area contributed by atoms with E-state index in [9.17, 15) is 19.5 Å². The lowest BCUT2D eigenvalue weighted by Crippen LogP contribution is -2.39. The summed E-state index contributed by atoms with van der Waals surface area (Å²) in [7, 11) is 1.30. The Morgan fingerprint density at radius 1 is 1.03 bits per heavy atom. The van der Waals surface area contributed by atoms with Gasteiger partial charge in [0.1, 0.15) is 5.76 Å². The Morgan fingerprint density at radius 2 is 1.66 bits per heavy atom. The predicted octanol–water partition coefficient (Wildman–Crippen LogP) is 3.27. The number of benzene rings is 2. The molecule has 1 unspecified atom stereocenters. The quantitative estimate of drug-likeness (QED) is 0.271.